The molecule has 7 nitrogen and oxygen atoms in total. The Morgan fingerprint density at radius 3 is 2.59 bits per heavy atom. The third-order valence-electron chi connectivity index (χ3n) is 4.25. The molecule has 0 radical (unpaired) electrons. The smallest absolute Gasteiger partial charge is 0.257 e. The van der Waals surface area contributed by atoms with Gasteiger partial charge in [0.2, 0.25) is 10.0 Å². The van der Waals surface area contributed by atoms with Crippen molar-refractivity contribution in [1.82, 2.24) is 9.29 Å². The van der Waals surface area contributed by atoms with E-state index in [0.29, 0.717) is 18.2 Å². The summed E-state index contributed by atoms with van der Waals surface area (Å²) in [5.74, 6) is -0.238. The minimum Gasteiger partial charge on any atom is -0.495 e. The molecule has 0 aliphatic heterocycles. The van der Waals surface area contributed by atoms with E-state index in [4.69, 9.17) is 4.74 Å². The van der Waals surface area contributed by atoms with Gasteiger partial charge in [0.05, 0.1) is 17.7 Å². The molecule has 1 amide bonds. The van der Waals surface area contributed by atoms with Crippen molar-refractivity contribution in [1.29, 1.82) is 0 Å². The fourth-order valence-electron chi connectivity index (χ4n) is 2.76. The predicted molar refractivity (Wildman–Crippen MR) is 116 cm³/mol. The van der Waals surface area contributed by atoms with Gasteiger partial charge in [-0.15, -0.1) is 22.7 Å². The second-order valence-corrected chi connectivity index (χ2v) is 9.64. The fourth-order valence-corrected chi connectivity index (χ4v) is 5.87. The summed E-state index contributed by atoms with van der Waals surface area (Å²) in [4.78, 5) is 18.1. The normalized spacial score (nSPS) is 11.6. The molecule has 0 spiro atoms. The second kappa shape index (κ2) is 9.04. The highest BCUT2D eigenvalue weighted by Crippen LogP contribution is 2.30. The van der Waals surface area contributed by atoms with E-state index in [0.717, 1.165) is 10.6 Å². The number of carbonyl (C=O) groups excluding carboxylic acids is 1. The number of rotatable bonds is 8. The number of nitrogens with one attached hydrogen (secondary N) is 1. The fraction of sp³-hybridized carbons (Fsp3) is 0.263. The number of hydrogen-bond donors (Lipinski definition) is 1. The number of anilines is 1. The molecule has 3 rings (SSSR count). The number of methoxy groups -OCH3 is 1. The maximum absolute atomic E-state index is 12.9. The Bertz CT molecular complexity index is 1090. The van der Waals surface area contributed by atoms with Crippen LogP contribution in [-0.4, -0.2) is 43.8 Å². The van der Waals surface area contributed by atoms with E-state index in [-0.39, 0.29) is 16.2 Å². The number of thiophene rings is 1. The van der Waals surface area contributed by atoms with Crippen molar-refractivity contribution in [2.24, 2.45) is 0 Å². The average Bonchev–Trinajstić information content (AvgIpc) is 3.40. The lowest BCUT2D eigenvalue weighted by Gasteiger charge is -2.20. The quantitative estimate of drug-likeness (QED) is 0.555. The first-order chi connectivity index (χ1) is 13.9. The zero-order valence-corrected chi connectivity index (χ0v) is 18.7. The molecule has 1 aromatic carbocycles. The maximum atomic E-state index is 12.9. The summed E-state index contributed by atoms with van der Waals surface area (Å²) < 4.78 is 32.4. The number of nitrogens with zero attached hydrogens (tertiary/aromatic N) is 2. The largest absolute Gasteiger partial charge is 0.495 e. The highest BCUT2D eigenvalue weighted by molar-refractivity contribution is 7.89. The van der Waals surface area contributed by atoms with Crippen molar-refractivity contribution < 1.29 is 17.9 Å². The van der Waals surface area contributed by atoms with Gasteiger partial charge in [0, 0.05) is 24.0 Å². The number of amides is 1. The molecule has 2 heterocycles. The van der Waals surface area contributed by atoms with Gasteiger partial charge in [-0.2, -0.15) is 4.31 Å². The van der Waals surface area contributed by atoms with Crippen LogP contribution < -0.4 is 10.1 Å². The molecular formula is C19H21N3O4S3. The lowest BCUT2D eigenvalue weighted by molar-refractivity contribution is 0.102. The van der Waals surface area contributed by atoms with Crippen molar-refractivity contribution in [2.75, 3.05) is 25.5 Å². The molecule has 0 fully saturated rings. The van der Waals surface area contributed by atoms with Crippen molar-refractivity contribution in [2.45, 2.75) is 18.7 Å². The molecule has 0 unspecified atom stereocenters. The van der Waals surface area contributed by atoms with Crippen LogP contribution in [0.2, 0.25) is 0 Å². The lowest BCUT2D eigenvalue weighted by atomic mass is 10.2. The molecule has 1 N–H and O–H groups in total. The zero-order chi connectivity index (χ0) is 21.0. The van der Waals surface area contributed by atoms with Gasteiger partial charge in [-0.25, -0.2) is 13.4 Å². The van der Waals surface area contributed by atoms with Gasteiger partial charge in [0.1, 0.15) is 10.6 Å². The van der Waals surface area contributed by atoms with E-state index in [2.05, 4.69) is 10.3 Å². The first-order valence-electron chi connectivity index (χ1n) is 8.89. The van der Waals surface area contributed by atoms with Gasteiger partial charge in [0.25, 0.3) is 5.91 Å². The van der Waals surface area contributed by atoms with Crippen LogP contribution >= 0.6 is 22.7 Å². The first kappa shape index (κ1) is 21.4. The van der Waals surface area contributed by atoms with E-state index in [9.17, 15) is 13.2 Å². The van der Waals surface area contributed by atoms with E-state index >= 15 is 0 Å². The Morgan fingerprint density at radius 1 is 1.21 bits per heavy atom. The molecule has 2 aromatic heterocycles. The Labute approximate surface area is 178 Å². The zero-order valence-electron chi connectivity index (χ0n) is 16.2. The molecular weight excluding hydrogens is 430 g/mol. The van der Waals surface area contributed by atoms with E-state index in [1.165, 1.54) is 41.0 Å². The Hall–Kier alpha value is -2.27. The van der Waals surface area contributed by atoms with Crippen molar-refractivity contribution in [3.63, 3.8) is 0 Å². The number of sulfonamides is 1. The average molecular weight is 452 g/mol. The monoisotopic (exact) mass is 451 g/mol. The van der Waals surface area contributed by atoms with Gasteiger partial charge in [-0.1, -0.05) is 19.9 Å². The molecule has 0 atom stereocenters. The van der Waals surface area contributed by atoms with Gasteiger partial charge in [-0.3, -0.25) is 10.1 Å². The maximum Gasteiger partial charge on any atom is 0.257 e. The molecule has 3 aromatic rings. The number of thiazole rings is 1. The summed E-state index contributed by atoms with van der Waals surface area (Å²) >= 11 is 2.88. The highest BCUT2D eigenvalue weighted by atomic mass is 32.2. The first-order valence-corrected chi connectivity index (χ1v) is 12.1. The minimum atomic E-state index is -3.78. The van der Waals surface area contributed by atoms with Crippen LogP contribution in [0.1, 0.15) is 24.2 Å². The Morgan fingerprint density at radius 2 is 1.97 bits per heavy atom. The summed E-state index contributed by atoms with van der Waals surface area (Å²) in [6, 6.07) is 8.26. The molecule has 154 valence electrons. The van der Waals surface area contributed by atoms with Crippen LogP contribution in [0.5, 0.6) is 5.75 Å². The van der Waals surface area contributed by atoms with E-state index in [1.54, 1.807) is 25.2 Å². The number of ether oxygens (including phenoxy) is 1. The Balaban J connectivity index is 1.88. The number of carbonyl (C=O) groups is 1. The SMILES string of the molecule is CCN(CC)S(=O)(=O)c1cc(C(=O)Nc2nc(-c3cccs3)cs2)ccc1OC. The minimum absolute atomic E-state index is 0.0326. The topological polar surface area (TPSA) is 88.6 Å². The van der Waals surface area contributed by atoms with Crippen molar-refractivity contribution in [3.8, 4) is 16.3 Å². The highest BCUT2D eigenvalue weighted by Gasteiger charge is 2.27. The van der Waals surface area contributed by atoms with E-state index in [1.807, 2.05) is 22.9 Å². The van der Waals surface area contributed by atoms with Crippen molar-refractivity contribution >= 4 is 43.7 Å². The number of aromatic nitrogens is 1. The van der Waals surface area contributed by atoms with Crippen LogP contribution in [-0.2, 0) is 10.0 Å². The molecule has 0 aliphatic carbocycles. The van der Waals surface area contributed by atoms with Crippen molar-refractivity contribution in [3.05, 3.63) is 46.7 Å². The summed E-state index contributed by atoms with van der Waals surface area (Å²) in [5, 5.41) is 7.01. The van der Waals surface area contributed by atoms with Crippen LogP contribution in [0.15, 0.2) is 46.0 Å². The van der Waals surface area contributed by atoms with Gasteiger partial charge >= 0.3 is 0 Å². The van der Waals surface area contributed by atoms with Crippen LogP contribution in [0.3, 0.4) is 0 Å². The number of hydrogen-bond acceptors (Lipinski definition) is 7. The molecule has 0 saturated heterocycles. The van der Waals surface area contributed by atoms with Gasteiger partial charge < -0.3 is 4.74 Å². The second-order valence-electron chi connectivity index (χ2n) is 5.92. The van der Waals surface area contributed by atoms with Crippen LogP contribution in [0, 0.1) is 0 Å². The van der Waals surface area contributed by atoms with Gasteiger partial charge in [-0.05, 0) is 29.6 Å². The molecule has 0 aliphatic rings. The molecule has 10 heteroatoms. The van der Waals surface area contributed by atoms with Crippen LogP contribution in [0.25, 0.3) is 10.6 Å². The van der Waals surface area contributed by atoms with Crippen LogP contribution in [0.4, 0.5) is 5.13 Å². The van der Waals surface area contributed by atoms with E-state index < -0.39 is 15.9 Å². The molecule has 0 bridgehead atoms. The standard InChI is InChI=1S/C19H21N3O4S3/c1-4-22(5-2)29(24,25)17-11-13(8-9-15(17)26-3)18(23)21-19-20-14(12-28-19)16-7-6-10-27-16/h6-12H,4-5H2,1-3H3,(H,20,21,23). The summed E-state index contributed by atoms with van der Waals surface area (Å²) in [7, 11) is -2.38. The third kappa shape index (κ3) is 4.50. The summed E-state index contributed by atoms with van der Waals surface area (Å²) in [6.07, 6.45) is 0. The summed E-state index contributed by atoms with van der Waals surface area (Å²) in [5.41, 5.74) is 1.00. The number of benzene rings is 1. The summed E-state index contributed by atoms with van der Waals surface area (Å²) in [6.45, 7) is 4.17. The molecule has 0 saturated carbocycles. The Kier molecular flexibility index (Phi) is 6.68. The van der Waals surface area contributed by atoms with Gasteiger partial charge in [0.15, 0.2) is 5.13 Å². The molecule has 29 heavy (non-hydrogen) atoms. The predicted octanol–water partition coefficient (Wildman–Crippen LogP) is 4.16. The lowest BCUT2D eigenvalue weighted by Crippen LogP contribution is -2.31. The third-order valence-corrected chi connectivity index (χ3v) is 7.97.